The number of urea groups is 1. The molecule has 8 nitrogen and oxygen atoms in total. The molecule has 0 saturated carbocycles. The number of nitrogens with two attached hydrogens (primary N) is 1. The first-order chi connectivity index (χ1) is 13.3. The minimum absolute atomic E-state index is 0.0119. The molecule has 1 atom stereocenters. The molecule has 0 unspecified atom stereocenters. The van der Waals surface area contributed by atoms with Crippen molar-refractivity contribution in [2.45, 2.75) is 19.9 Å². The first-order valence-electron chi connectivity index (χ1n) is 8.91. The van der Waals surface area contributed by atoms with E-state index in [-0.39, 0.29) is 30.3 Å². The predicted molar refractivity (Wildman–Crippen MR) is 110 cm³/mol. The molecule has 0 saturated heterocycles. The SMILES string of the molecule is CC(C)[C@H](N)C(=O)NCC(=O)Nc1ccc(NC(=O)Nc2ccccc2)cc1. The van der Waals surface area contributed by atoms with Crippen LogP contribution in [0.25, 0.3) is 0 Å². The molecule has 148 valence electrons. The van der Waals surface area contributed by atoms with Crippen LogP contribution >= 0.6 is 0 Å². The first kappa shape index (κ1) is 20.9. The van der Waals surface area contributed by atoms with Gasteiger partial charge in [-0.3, -0.25) is 9.59 Å². The lowest BCUT2D eigenvalue weighted by Gasteiger charge is -2.15. The second-order valence-electron chi connectivity index (χ2n) is 6.56. The maximum absolute atomic E-state index is 12.0. The van der Waals surface area contributed by atoms with Gasteiger partial charge in [0.05, 0.1) is 12.6 Å². The molecule has 0 aliphatic heterocycles. The summed E-state index contributed by atoms with van der Waals surface area (Å²) >= 11 is 0. The summed E-state index contributed by atoms with van der Waals surface area (Å²) in [5.74, 6) is -0.747. The third-order valence-electron chi connectivity index (χ3n) is 3.90. The smallest absolute Gasteiger partial charge is 0.323 e. The minimum Gasteiger partial charge on any atom is -0.346 e. The minimum atomic E-state index is -0.653. The van der Waals surface area contributed by atoms with Crippen LogP contribution in [0.5, 0.6) is 0 Å². The molecule has 0 fully saturated rings. The van der Waals surface area contributed by atoms with E-state index in [1.807, 2.05) is 32.0 Å². The van der Waals surface area contributed by atoms with E-state index >= 15 is 0 Å². The Labute approximate surface area is 163 Å². The monoisotopic (exact) mass is 383 g/mol. The van der Waals surface area contributed by atoms with E-state index in [0.717, 1.165) is 0 Å². The second kappa shape index (κ2) is 10.1. The van der Waals surface area contributed by atoms with Crippen LogP contribution in [0.15, 0.2) is 54.6 Å². The Balaban J connectivity index is 1.79. The molecule has 0 radical (unpaired) electrons. The lowest BCUT2D eigenvalue weighted by Crippen LogP contribution is -2.46. The molecule has 0 aliphatic rings. The van der Waals surface area contributed by atoms with Crippen molar-refractivity contribution < 1.29 is 14.4 Å². The zero-order chi connectivity index (χ0) is 20.5. The molecule has 0 heterocycles. The molecular weight excluding hydrogens is 358 g/mol. The molecule has 0 aliphatic carbocycles. The maximum atomic E-state index is 12.0. The van der Waals surface area contributed by atoms with E-state index < -0.39 is 6.04 Å². The highest BCUT2D eigenvalue weighted by molar-refractivity contribution is 6.00. The molecule has 8 heteroatoms. The predicted octanol–water partition coefficient (Wildman–Crippen LogP) is 2.37. The van der Waals surface area contributed by atoms with Gasteiger partial charge in [0.25, 0.3) is 0 Å². The number of nitrogens with one attached hydrogen (secondary N) is 4. The van der Waals surface area contributed by atoms with Crippen molar-refractivity contribution in [1.29, 1.82) is 0 Å². The van der Waals surface area contributed by atoms with E-state index in [9.17, 15) is 14.4 Å². The summed E-state index contributed by atoms with van der Waals surface area (Å²) in [6, 6.07) is 14.7. The lowest BCUT2D eigenvalue weighted by molar-refractivity contribution is -0.125. The standard InChI is InChI=1S/C20H25N5O3/c1-13(2)18(21)19(27)22-12-17(26)23-15-8-10-16(11-9-15)25-20(28)24-14-6-4-3-5-7-14/h3-11,13,18H,12,21H2,1-2H3,(H,22,27)(H,23,26)(H2,24,25,28)/t18-/m0/s1. The van der Waals surface area contributed by atoms with E-state index in [2.05, 4.69) is 21.3 Å². The summed E-state index contributed by atoms with van der Waals surface area (Å²) in [5.41, 5.74) is 7.52. The van der Waals surface area contributed by atoms with Gasteiger partial charge < -0.3 is 27.0 Å². The van der Waals surface area contributed by atoms with Gasteiger partial charge in [0.2, 0.25) is 11.8 Å². The van der Waals surface area contributed by atoms with Crippen LogP contribution in [0.4, 0.5) is 21.9 Å². The van der Waals surface area contributed by atoms with E-state index in [1.54, 1.807) is 36.4 Å². The summed E-state index contributed by atoms with van der Waals surface area (Å²) in [6.07, 6.45) is 0. The van der Waals surface area contributed by atoms with Gasteiger partial charge in [0.15, 0.2) is 0 Å². The van der Waals surface area contributed by atoms with Gasteiger partial charge in [-0.2, -0.15) is 0 Å². The van der Waals surface area contributed by atoms with Crippen molar-refractivity contribution in [2.24, 2.45) is 11.7 Å². The number of anilines is 3. The Morgan fingerprint density at radius 3 is 1.86 bits per heavy atom. The van der Waals surface area contributed by atoms with Crippen molar-refractivity contribution in [3.8, 4) is 0 Å². The summed E-state index contributed by atoms with van der Waals surface area (Å²) in [4.78, 5) is 35.6. The Morgan fingerprint density at radius 1 is 0.821 bits per heavy atom. The van der Waals surface area contributed by atoms with Gasteiger partial charge >= 0.3 is 6.03 Å². The van der Waals surface area contributed by atoms with Crippen LogP contribution in [0.1, 0.15) is 13.8 Å². The van der Waals surface area contributed by atoms with Crippen molar-refractivity contribution in [2.75, 3.05) is 22.5 Å². The molecule has 4 amide bonds. The van der Waals surface area contributed by atoms with Crippen LogP contribution in [-0.2, 0) is 9.59 Å². The largest absolute Gasteiger partial charge is 0.346 e. The van der Waals surface area contributed by atoms with Crippen LogP contribution in [0.2, 0.25) is 0 Å². The molecule has 0 aromatic heterocycles. The average Bonchev–Trinajstić information content (AvgIpc) is 2.67. The van der Waals surface area contributed by atoms with Gasteiger partial charge in [-0.1, -0.05) is 32.0 Å². The topological polar surface area (TPSA) is 125 Å². The van der Waals surface area contributed by atoms with Crippen molar-refractivity contribution in [3.05, 3.63) is 54.6 Å². The van der Waals surface area contributed by atoms with Gasteiger partial charge in [-0.25, -0.2) is 4.79 Å². The molecule has 6 N–H and O–H groups in total. The number of hydrogen-bond donors (Lipinski definition) is 5. The Kier molecular flexibility index (Phi) is 7.53. The second-order valence-corrected chi connectivity index (χ2v) is 6.56. The Hall–Kier alpha value is -3.39. The number of rotatable bonds is 7. The van der Waals surface area contributed by atoms with E-state index in [0.29, 0.717) is 17.1 Å². The zero-order valence-electron chi connectivity index (χ0n) is 15.9. The molecule has 0 spiro atoms. The average molecular weight is 383 g/mol. The fourth-order valence-corrected chi connectivity index (χ4v) is 2.24. The van der Waals surface area contributed by atoms with Crippen LogP contribution in [0.3, 0.4) is 0 Å². The summed E-state index contributed by atoms with van der Waals surface area (Å²) in [6.45, 7) is 3.50. The molecule has 0 bridgehead atoms. The fourth-order valence-electron chi connectivity index (χ4n) is 2.24. The number of carbonyl (C=O) groups excluding carboxylic acids is 3. The molecule has 2 aromatic rings. The van der Waals surface area contributed by atoms with E-state index in [4.69, 9.17) is 5.73 Å². The van der Waals surface area contributed by atoms with Crippen molar-refractivity contribution in [3.63, 3.8) is 0 Å². The van der Waals surface area contributed by atoms with E-state index in [1.165, 1.54) is 0 Å². The van der Waals surface area contributed by atoms with Crippen LogP contribution < -0.4 is 27.0 Å². The number of para-hydroxylation sites is 1. The van der Waals surface area contributed by atoms with Gasteiger partial charge in [0.1, 0.15) is 0 Å². The van der Waals surface area contributed by atoms with Gasteiger partial charge in [-0.05, 0) is 42.3 Å². The van der Waals surface area contributed by atoms with Gasteiger partial charge in [0, 0.05) is 17.1 Å². The van der Waals surface area contributed by atoms with Crippen LogP contribution in [0, 0.1) is 5.92 Å². The maximum Gasteiger partial charge on any atom is 0.323 e. The van der Waals surface area contributed by atoms with Crippen molar-refractivity contribution in [1.82, 2.24) is 5.32 Å². The normalized spacial score (nSPS) is 11.4. The van der Waals surface area contributed by atoms with Gasteiger partial charge in [-0.15, -0.1) is 0 Å². The molecule has 28 heavy (non-hydrogen) atoms. The zero-order valence-corrected chi connectivity index (χ0v) is 15.9. The molecule has 2 rings (SSSR count). The summed E-state index contributed by atoms with van der Waals surface area (Å²) in [7, 11) is 0. The number of amides is 4. The summed E-state index contributed by atoms with van der Waals surface area (Å²) < 4.78 is 0. The highest BCUT2D eigenvalue weighted by Gasteiger charge is 2.17. The molecular formula is C20H25N5O3. The highest BCUT2D eigenvalue weighted by atomic mass is 16.2. The fraction of sp³-hybridized carbons (Fsp3) is 0.250. The number of carbonyl (C=O) groups is 3. The summed E-state index contributed by atoms with van der Waals surface area (Å²) in [5, 5.41) is 10.6. The number of benzene rings is 2. The Morgan fingerprint density at radius 2 is 1.32 bits per heavy atom. The van der Waals surface area contributed by atoms with Crippen LogP contribution in [-0.4, -0.2) is 30.4 Å². The Bertz CT molecular complexity index is 806. The first-order valence-corrected chi connectivity index (χ1v) is 8.91. The molecule has 2 aromatic carbocycles. The highest BCUT2D eigenvalue weighted by Crippen LogP contribution is 2.14. The van der Waals surface area contributed by atoms with Crippen molar-refractivity contribution >= 4 is 34.9 Å². The number of hydrogen-bond acceptors (Lipinski definition) is 4. The third-order valence-corrected chi connectivity index (χ3v) is 3.90. The third kappa shape index (κ3) is 6.73. The lowest BCUT2D eigenvalue weighted by atomic mass is 10.1. The quantitative estimate of drug-likeness (QED) is 0.503.